The van der Waals surface area contributed by atoms with Crippen LogP contribution >= 0.6 is 0 Å². The van der Waals surface area contributed by atoms with Crippen molar-refractivity contribution in [1.29, 1.82) is 0 Å². The highest BCUT2D eigenvalue weighted by molar-refractivity contribution is 7.90. The van der Waals surface area contributed by atoms with Crippen LogP contribution < -0.4 is 5.63 Å². The molecule has 0 saturated carbocycles. The molecule has 0 aliphatic heterocycles. The molecule has 0 aliphatic carbocycles. The van der Waals surface area contributed by atoms with Crippen LogP contribution in [0.25, 0.3) is 22.1 Å². The largest absolute Gasteiger partial charge is 0.428 e. The van der Waals surface area contributed by atoms with Crippen LogP contribution in [-0.2, 0) is 9.84 Å². The van der Waals surface area contributed by atoms with Gasteiger partial charge >= 0.3 is 10.8 Å². The van der Waals surface area contributed by atoms with E-state index in [0.717, 1.165) is 6.26 Å². The van der Waals surface area contributed by atoms with Crippen LogP contribution in [0.5, 0.6) is 0 Å². The topological polar surface area (TPSA) is 90.4 Å². The fraction of sp³-hybridized carbons (Fsp3) is 0.167. The number of aromatic nitrogens is 1. The Labute approximate surface area is 107 Å². The number of nitrogens with zero attached hydrogens (tertiary/aromatic N) is 1. The molecule has 0 bridgehead atoms. The predicted molar refractivity (Wildman–Crippen MR) is 67.9 cm³/mol. The first-order valence-electron chi connectivity index (χ1n) is 5.40. The van der Waals surface area contributed by atoms with Gasteiger partial charge in [0.2, 0.25) is 9.84 Å². The number of sulfone groups is 1. The van der Waals surface area contributed by atoms with Crippen molar-refractivity contribution < 1.29 is 17.3 Å². The molecule has 19 heavy (non-hydrogen) atoms. The highest BCUT2D eigenvalue weighted by atomic mass is 32.2. The molecule has 3 aromatic rings. The molecule has 2 aromatic heterocycles. The zero-order valence-corrected chi connectivity index (χ0v) is 10.9. The summed E-state index contributed by atoms with van der Waals surface area (Å²) in [5.74, 6) is 0. The van der Waals surface area contributed by atoms with Gasteiger partial charge in [-0.15, -0.1) is 0 Å². The standard InChI is InChI=1S/C12H9NO5S/c1-6-5-9(14)17-7-3-4-8-11(10(6)7)13-12(18-8)19(2,15)16/h3-5H,1-2H3. The predicted octanol–water partition coefficient (Wildman–Crippen LogP) is 1.65. The van der Waals surface area contributed by atoms with Gasteiger partial charge < -0.3 is 8.83 Å². The van der Waals surface area contributed by atoms with Crippen molar-refractivity contribution in [3.8, 4) is 0 Å². The van der Waals surface area contributed by atoms with Crippen LogP contribution in [0.1, 0.15) is 5.56 Å². The molecule has 0 unspecified atom stereocenters. The molecule has 0 aliphatic rings. The fourth-order valence-electron chi connectivity index (χ4n) is 1.97. The van der Waals surface area contributed by atoms with Gasteiger partial charge in [-0.3, -0.25) is 0 Å². The number of hydrogen-bond donors (Lipinski definition) is 0. The van der Waals surface area contributed by atoms with Crippen molar-refractivity contribution in [1.82, 2.24) is 4.98 Å². The molecule has 0 fully saturated rings. The van der Waals surface area contributed by atoms with Gasteiger partial charge in [0.1, 0.15) is 11.1 Å². The monoisotopic (exact) mass is 279 g/mol. The van der Waals surface area contributed by atoms with Crippen molar-refractivity contribution in [2.75, 3.05) is 6.26 Å². The summed E-state index contributed by atoms with van der Waals surface area (Å²) < 4.78 is 33.2. The van der Waals surface area contributed by atoms with Crippen molar-refractivity contribution in [3.63, 3.8) is 0 Å². The lowest BCUT2D eigenvalue weighted by atomic mass is 10.1. The molecule has 3 rings (SSSR count). The van der Waals surface area contributed by atoms with E-state index in [0.29, 0.717) is 27.6 Å². The second-order valence-electron chi connectivity index (χ2n) is 4.29. The third kappa shape index (κ3) is 1.82. The van der Waals surface area contributed by atoms with E-state index in [-0.39, 0.29) is 5.22 Å². The first kappa shape index (κ1) is 11.9. The second-order valence-corrected chi connectivity index (χ2v) is 6.18. The minimum Gasteiger partial charge on any atom is -0.428 e. The summed E-state index contributed by atoms with van der Waals surface area (Å²) >= 11 is 0. The van der Waals surface area contributed by atoms with Crippen molar-refractivity contribution in [2.45, 2.75) is 12.1 Å². The molecular formula is C12H9NO5S. The molecule has 0 atom stereocenters. The van der Waals surface area contributed by atoms with E-state index in [1.807, 2.05) is 0 Å². The van der Waals surface area contributed by atoms with Crippen molar-refractivity contribution in [2.24, 2.45) is 0 Å². The number of benzene rings is 1. The van der Waals surface area contributed by atoms with Crippen LogP contribution in [0.4, 0.5) is 0 Å². The average Bonchev–Trinajstić information content (AvgIpc) is 2.71. The van der Waals surface area contributed by atoms with Gasteiger partial charge in [-0.1, -0.05) is 0 Å². The van der Waals surface area contributed by atoms with Gasteiger partial charge in [-0.25, -0.2) is 13.2 Å². The summed E-state index contributed by atoms with van der Waals surface area (Å²) in [4.78, 5) is 15.3. The molecule has 0 spiro atoms. The van der Waals surface area contributed by atoms with E-state index in [1.54, 1.807) is 13.0 Å². The van der Waals surface area contributed by atoms with Gasteiger partial charge in [0.25, 0.3) is 0 Å². The first-order chi connectivity index (χ1) is 8.86. The molecule has 98 valence electrons. The molecule has 1 aromatic carbocycles. The maximum absolute atomic E-state index is 11.4. The van der Waals surface area contributed by atoms with Gasteiger partial charge in [0, 0.05) is 12.3 Å². The summed E-state index contributed by atoms with van der Waals surface area (Å²) in [7, 11) is -3.52. The lowest BCUT2D eigenvalue weighted by Gasteiger charge is -1.99. The van der Waals surface area contributed by atoms with Crippen LogP contribution in [0.2, 0.25) is 0 Å². The summed E-state index contributed by atoms with van der Waals surface area (Å²) in [5.41, 5.74) is 1.26. The highest BCUT2D eigenvalue weighted by Gasteiger charge is 2.18. The Balaban J connectivity index is 2.53. The quantitative estimate of drug-likeness (QED) is 0.629. The summed E-state index contributed by atoms with van der Waals surface area (Å²) in [6.45, 7) is 1.73. The second kappa shape index (κ2) is 3.67. The molecular weight excluding hydrogens is 270 g/mol. The van der Waals surface area contributed by atoms with E-state index in [1.165, 1.54) is 12.1 Å². The Morgan fingerprint density at radius 3 is 2.53 bits per heavy atom. The Morgan fingerprint density at radius 2 is 1.84 bits per heavy atom. The zero-order valence-electron chi connectivity index (χ0n) is 10.1. The van der Waals surface area contributed by atoms with Crippen LogP contribution in [0.15, 0.2) is 37.1 Å². The summed E-state index contributed by atoms with van der Waals surface area (Å²) in [6, 6.07) is 4.42. The van der Waals surface area contributed by atoms with Crippen molar-refractivity contribution in [3.05, 3.63) is 34.2 Å². The van der Waals surface area contributed by atoms with E-state index in [2.05, 4.69) is 4.98 Å². The molecule has 0 radical (unpaired) electrons. The zero-order chi connectivity index (χ0) is 13.8. The van der Waals surface area contributed by atoms with E-state index >= 15 is 0 Å². The Kier molecular flexibility index (Phi) is 2.30. The lowest BCUT2D eigenvalue weighted by molar-refractivity contribution is 0.460. The van der Waals surface area contributed by atoms with Gasteiger partial charge in [0.15, 0.2) is 5.58 Å². The number of fused-ring (bicyclic) bond motifs is 3. The Morgan fingerprint density at radius 1 is 1.16 bits per heavy atom. The summed E-state index contributed by atoms with van der Waals surface area (Å²) in [6.07, 6.45) is 1.02. The minimum atomic E-state index is -3.52. The molecule has 6 nitrogen and oxygen atoms in total. The highest BCUT2D eigenvalue weighted by Crippen LogP contribution is 2.28. The fourth-order valence-corrected chi connectivity index (χ4v) is 2.46. The lowest BCUT2D eigenvalue weighted by Crippen LogP contribution is -1.98. The maximum atomic E-state index is 11.4. The van der Waals surface area contributed by atoms with Gasteiger partial charge in [-0.05, 0) is 24.6 Å². The number of rotatable bonds is 1. The molecule has 0 saturated heterocycles. The molecule has 2 heterocycles. The van der Waals surface area contributed by atoms with Crippen LogP contribution in [-0.4, -0.2) is 19.7 Å². The third-order valence-electron chi connectivity index (χ3n) is 2.76. The Hall–Kier alpha value is -2.15. The first-order valence-corrected chi connectivity index (χ1v) is 7.29. The van der Waals surface area contributed by atoms with E-state index < -0.39 is 15.5 Å². The normalized spacial score (nSPS) is 12.3. The maximum Gasteiger partial charge on any atom is 0.336 e. The number of aryl methyl sites for hydroxylation is 1. The smallest absolute Gasteiger partial charge is 0.336 e. The SMILES string of the molecule is Cc1cc(=O)oc2ccc3oc(S(C)(=O)=O)nc3c12. The number of oxazole rings is 1. The minimum absolute atomic E-state index is 0.338. The molecule has 7 heteroatoms. The van der Waals surface area contributed by atoms with Crippen molar-refractivity contribution >= 4 is 31.9 Å². The van der Waals surface area contributed by atoms with E-state index in [4.69, 9.17) is 8.83 Å². The van der Waals surface area contributed by atoms with E-state index in [9.17, 15) is 13.2 Å². The average molecular weight is 279 g/mol. The molecule has 0 amide bonds. The number of hydrogen-bond acceptors (Lipinski definition) is 6. The van der Waals surface area contributed by atoms with Crippen LogP contribution in [0, 0.1) is 6.92 Å². The molecule has 0 N–H and O–H groups in total. The summed E-state index contributed by atoms with van der Waals surface area (Å²) in [5, 5.41) is 0.233. The van der Waals surface area contributed by atoms with Gasteiger partial charge in [-0.2, -0.15) is 4.98 Å². The van der Waals surface area contributed by atoms with Crippen LogP contribution in [0.3, 0.4) is 0 Å². The third-order valence-corrected chi connectivity index (χ3v) is 3.57. The van der Waals surface area contributed by atoms with Gasteiger partial charge in [0.05, 0.1) is 5.39 Å². The Bertz CT molecular complexity index is 965.